The molecule has 132 valence electrons. The van der Waals surface area contributed by atoms with Gasteiger partial charge in [-0.2, -0.15) is 5.10 Å². The monoisotopic (exact) mass is 355 g/mol. The third-order valence-electron chi connectivity index (χ3n) is 3.31. The molecule has 3 aromatic rings. The highest BCUT2D eigenvalue weighted by atomic mass is 16.5. The lowest BCUT2D eigenvalue weighted by molar-refractivity contribution is -0.119. The van der Waals surface area contributed by atoms with E-state index in [1.165, 1.54) is 37.7 Å². The number of aromatic nitrogens is 4. The van der Waals surface area contributed by atoms with Crippen molar-refractivity contribution in [3.63, 3.8) is 0 Å². The molecule has 0 saturated heterocycles. The van der Waals surface area contributed by atoms with Crippen molar-refractivity contribution in [3.8, 4) is 0 Å². The van der Waals surface area contributed by atoms with E-state index in [9.17, 15) is 14.4 Å². The van der Waals surface area contributed by atoms with E-state index in [4.69, 9.17) is 4.74 Å². The van der Waals surface area contributed by atoms with Crippen molar-refractivity contribution in [2.24, 2.45) is 0 Å². The van der Waals surface area contributed by atoms with Gasteiger partial charge in [0.25, 0.3) is 5.91 Å². The Labute approximate surface area is 146 Å². The minimum Gasteiger partial charge on any atom is -0.464 e. The van der Waals surface area contributed by atoms with Crippen LogP contribution in [0.4, 0.5) is 5.82 Å². The van der Waals surface area contributed by atoms with Crippen LogP contribution in [0.2, 0.25) is 0 Å². The van der Waals surface area contributed by atoms with Gasteiger partial charge in [-0.05, 0) is 18.2 Å². The minimum absolute atomic E-state index is 0.0399. The molecule has 0 aliphatic rings. The number of H-pyrrole nitrogens is 1. The number of nitrogens with zero attached hydrogens (tertiary/aromatic N) is 3. The Bertz CT molecular complexity index is 984. The largest absolute Gasteiger partial charge is 0.464 e. The smallest absolute Gasteiger partial charge is 0.358 e. The lowest BCUT2D eigenvalue weighted by Crippen LogP contribution is -2.22. The molecule has 0 spiro atoms. The molecule has 2 N–H and O–H groups in total. The molecule has 0 atom stereocenters. The zero-order chi connectivity index (χ0) is 18.5. The van der Waals surface area contributed by atoms with E-state index < -0.39 is 24.5 Å². The molecule has 26 heavy (non-hydrogen) atoms. The predicted octanol–water partition coefficient (Wildman–Crippen LogP) is 0.935. The Morgan fingerprint density at radius 1 is 1.19 bits per heavy atom. The summed E-state index contributed by atoms with van der Waals surface area (Å²) in [5.74, 6) is -1.88. The van der Waals surface area contributed by atoms with Crippen molar-refractivity contribution in [2.75, 3.05) is 19.0 Å². The summed E-state index contributed by atoms with van der Waals surface area (Å²) >= 11 is 0. The Kier molecular flexibility index (Phi) is 4.83. The maximum absolute atomic E-state index is 12.1. The number of nitrogens with one attached hydrogen (secondary N) is 2. The normalized spacial score (nSPS) is 10.3. The first-order valence-corrected chi connectivity index (χ1v) is 7.39. The van der Waals surface area contributed by atoms with Crippen LogP contribution in [0.1, 0.15) is 21.0 Å². The average molecular weight is 355 g/mol. The highest BCUT2D eigenvalue weighted by molar-refractivity contribution is 6.02. The van der Waals surface area contributed by atoms with Crippen molar-refractivity contribution in [1.29, 1.82) is 0 Å². The zero-order valence-corrected chi connectivity index (χ0v) is 13.6. The Morgan fingerprint density at radius 2 is 2.04 bits per heavy atom. The number of carbonyl (C=O) groups is 3. The lowest BCUT2D eigenvalue weighted by Gasteiger charge is -2.07. The van der Waals surface area contributed by atoms with Crippen molar-refractivity contribution >= 4 is 34.6 Å². The fourth-order valence-electron chi connectivity index (χ4n) is 2.13. The van der Waals surface area contributed by atoms with Gasteiger partial charge in [-0.3, -0.25) is 9.89 Å². The maximum Gasteiger partial charge on any atom is 0.358 e. The highest BCUT2D eigenvalue weighted by Crippen LogP contribution is 2.14. The third kappa shape index (κ3) is 3.64. The predicted molar refractivity (Wildman–Crippen MR) is 88.4 cm³/mol. The number of fused-ring (bicyclic) bond motifs is 1. The number of amides is 1. The second-order valence-electron chi connectivity index (χ2n) is 5.01. The number of aromatic amines is 1. The van der Waals surface area contributed by atoms with Crippen LogP contribution in [0.3, 0.4) is 0 Å². The lowest BCUT2D eigenvalue weighted by atomic mass is 10.2. The first-order valence-electron chi connectivity index (χ1n) is 7.39. The standard InChI is InChI=1S/C16H13N5O5/c1-25-15(23)11-3-2-4-12(19-11)20-13(22)8-26-16(24)14-9-7-18-21-10(9)5-6-17-14/h2-7H,8H2,1H3,(H,18,21)(H,19,20,22). The van der Waals surface area contributed by atoms with E-state index in [1.807, 2.05) is 0 Å². The molecular formula is C16H13N5O5. The van der Waals surface area contributed by atoms with E-state index in [2.05, 4.69) is 30.2 Å². The number of ether oxygens (including phenoxy) is 2. The van der Waals surface area contributed by atoms with Gasteiger partial charge in [-0.25, -0.2) is 19.6 Å². The molecule has 0 saturated carbocycles. The summed E-state index contributed by atoms with van der Waals surface area (Å²) in [4.78, 5) is 43.4. The number of rotatable bonds is 5. The molecule has 1 amide bonds. The third-order valence-corrected chi connectivity index (χ3v) is 3.31. The van der Waals surface area contributed by atoms with Gasteiger partial charge < -0.3 is 14.8 Å². The van der Waals surface area contributed by atoms with Crippen LogP contribution >= 0.6 is 0 Å². The Hall–Kier alpha value is -3.82. The molecule has 10 nitrogen and oxygen atoms in total. The van der Waals surface area contributed by atoms with Gasteiger partial charge in [0.05, 0.1) is 24.2 Å². The van der Waals surface area contributed by atoms with Gasteiger partial charge in [-0.15, -0.1) is 0 Å². The van der Waals surface area contributed by atoms with Crippen LogP contribution in [0.15, 0.2) is 36.7 Å². The van der Waals surface area contributed by atoms with Crippen LogP contribution < -0.4 is 5.32 Å². The molecule has 0 bridgehead atoms. The minimum atomic E-state index is -0.761. The van der Waals surface area contributed by atoms with Gasteiger partial charge >= 0.3 is 11.9 Å². The molecule has 3 rings (SSSR count). The van der Waals surface area contributed by atoms with Gasteiger partial charge in [0.15, 0.2) is 18.0 Å². The number of hydrogen-bond acceptors (Lipinski definition) is 8. The molecule has 0 aliphatic heterocycles. The first kappa shape index (κ1) is 17.0. The molecule has 0 aromatic carbocycles. The second kappa shape index (κ2) is 7.38. The van der Waals surface area contributed by atoms with E-state index >= 15 is 0 Å². The summed E-state index contributed by atoms with van der Waals surface area (Å²) in [5.41, 5.74) is 0.716. The summed E-state index contributed by atoms with van der Waals surface area (Å²) in [6, 6.07) is 6.12. The highest BCUT2D eigenvalue weighted by Gasteiger charge is 2.16. The quantitative estimate of drug-likeness (QED) is 0.645. The summed E-state index contributed by atoms with van der Waals surface area (Å²) in [6.07, 6.45) is 2.88. The number of carbonyl (C=O) groups excluding carboxylic acids is 3. The van der Waals surface area contributed by atoms with E-state index in [0.717, 1.165) is 0 Å². The van der Waals surface area contributed by atoms with Crippen LogP contribution in [0.25, 0.3) is 10.9 Å². The molecule has 0 unspecified atom stereocenters. The van der Waals surface area contributed by atoms with Crippen molar-refractivity contribution in [3.05, 3.63) is 48.0 Å². The summed E-state index contributed by atoms with van der Waals surface area (Å²) in [6.45, 7) is -0.543. The van der Waals surface area contributed by atoms with E-state index in [0.29, 0.717) is 10.9 Å². The zero-order valence-electron chi connectivity index (χ0n) is 13.6. The molecule has 0 radical (unpaired) electrons. The fraction of sp³-hybridized carbons (Fsp3) is 0.125. The maximum atomic E-state index is 12.1. The molecule has 3 heterocycles. The van der Waals surface area contributed by atoms with Crippen LogP contribution in [-0.2, 0) is 14.3 Å². The number of pyridine rings is 2. The molecule has 0 aliphatic carbocycles. The average Bonchev–Trinajstić information content (AvgIpc) is 3.14. The number of anilines is 1. The van der Waals surface area contributed by atoms with E-state index in [-0.39, 0.29) is 17.2 Å². The van der Waals surface area contributed by atoms with Gasteiger partial charge in [0.2, 0.25) is 0 Å². The topological polar surface area (TPSA) is 136 Å². The Balaban J connectivity index is 1.61. The van der Waals surface area contributed by atoms with Gasteiger partial charge in [0, 0.05) is 6.20 Å². The van der Waals surface area contributed by atoms with Crippen LogP contribution in [0.5, 0.6) is 0 Å². The molecular weight excluding hydrogens is 342 g/mol. The second-order valence-corrected chi connectivity index (χ2v) is 5.01. The number of methoxy groups -OCH3 is 1. The summed E-state index contributed by atoms with van der Waals surface area (Å²) in [7, 11) is 1.23. The Morgan fingerprint density at radius 3 is 2.85 bits per heavy atom. The summed E-state index contributed by atoms with van der Waals surface area (Å²) < 4.78 is 9.52. The fourth-order valence-corrected chi connectivity index (χ4v) is 2.13. The van der Waals surface area contributed by atoms with Crippen molar-refractivity contribution in [2.45, 2.75) is 0 Å². The van der Waals surface area contributed by atoms with Gasteiger partial charge in [0.1, 0.15) is 5.82 Å². The van der Waals surface area contributed by atoms with Crippen molar-refractivity contribution in [1.82, 2.24) is 20.2 Å². The SMILES string of the molecule is COC(=O)c1cccc(NC(=O)COC(=O)c2nccc3[nH]ncc23)n1. The van der Waals surface area contributed by atoms with Crippen LogP contribution in [-0.4, -0.2) is 51.7 Å². The molecule has 0 fully saturated rings. The van der Waals surface area contributed by atoms with E-state index in [1.54, 1.807) is 6.07 Å². The van der Waals surface area contributed by atoms with Crippen molar-refractivity contribution < 1.29 is 23.9 Å². The molecule has 3 aromatic heterocycles. The van der Waals surface area contributed by atoms with Gasteiger partial charge in [-0.1, -0.05) is 6.07 Å². The number of hydrogen-bond donors (Lipinski definition) is 2. The number of esters is 2. The first-order chi connectivity index (χ1) is 12.6. The van der Waals surface area contributed by atoms with Crippen LogP contribution in [0, 0.1) is 0 Å². The summed E-state index contributed by atoms with van der Waals surface area (Å²) in [5, 5.41) is 9.45. The molecule has 10 heteroatoms.